The van der Waals surface area contributed by atoms with Gasteiger partial charge in [-0.25, -0.2) is 13.2 Å². The molecule has 0 aliphatic carbocycles. The molecule has 0 bridgehead atoms. The number of likely N-dealkylation sites (N-methyl/N-ethyl adjacent to an activating group) is 1. The van der Waals surface area contributed by atoms with Crippen LogP contribution in [0.3, 0.4) is 0 Å². The van der Waals surface area contributed by atoms with Crippen LogP contribution in [0.5, 0.6) is 5.75 Å². The van der Waals surface area contributed by atoms with E-state index in [9.17, 15) is 18.0 Å². The second-order valence-corrected chi connectivity index (χ2v) is 10.1. The Morgan fingerprint density at radius 1 is 0.970 bits per heavy atom. The molecule has 0 saturated heterocycles. The number of benzene rings is 2. The summed E-state index contributed by atoms with van der Waals surface area (Å²) in [5, 5.41) is 1.92. The molecular formula is C23H24N2O6S2. The monoisotopic (exact) mass is 488 g/mol. The zero-order chi connectivity index (χ0) is 24.0. The van der Waals surface area contributed by atoms with Gasteiger partial charge in [-0.2, -0.15) is 0 Å². The Hall–Kier alpha value is -3.37. The maximum absolute atomic E-state index is 13.0. The molecule has 3 aromatic rings. The first-order chi connectivity index (χ1) is 15.7. The van der Waals surface area contributed by atoms with Crippen molar-refractivity contribution in [3.8, 4) is 5.75 Å². The highest BCUT2D eigenvalue weighted by atomic mass is 32.2. The van der Waals surface area contributed by atoms with Crippen molar-refractivity contribution >= 4 is 38.9 Å². The van der Waals surface area contributed by atoms with Crippen LogP contribution >= 0.6 is 11.3 Å². The predicted octanol–water partition coefficient (Wildman–Crippen LogP) is 3.40. The molecule has 0 saturated carbocycles. The summed E-state index contributed by atoms with van der Waals surface area (Å²) in [5.74, 6) is -0.637. The Labute approximate surface area is 197 Å². The molecule has 1 amide bonds. The summed E-state index contributed by atoms with van der Waals surface area (Å²) >= 11 is 1.53. The van der Waals surface area contributed by atoms with Crippen LogP contribution in [0.4, 0.5) is 5.69 Å². The molecule has 1 heterocycles. The summed E-state index contributed by atoms with van der Waals surface area (Å²) < 4.78 is 37.5. The van der Waals surface area contributed by atoms with Crippen LogP contribution in [0, 0.1) is 0 Å². The third kappa shape index (κ3) is 5.71. The van der Waals surface area contributed by atoms with E-state index in [-0.39, 0.29) is 16.4 Å². The predicted molar refractivity (Wildman–Crippen MR) is 126 cm³/mol. The molecule has 2 aromatic carbocycles. The average molecular weight is 489 g/mol. The van der Waals surface area contributed by atoms with Gasteiger partial charge in [-0.15, -0.1) is 11.3 Å². The van der Waals surface area contributed by atoms with E-state index in [0.29, 0.717) is 18.0 Å². The standard InChI is InChI=1S/C23H24N2O6S2/c1-24(15-18-7-6-14-32-18)22(26)16-31-23(27)17-10-12-19(13-11-17)33(28,29)25(2)20-8-4-5-9-21(20)30-3/h4-14H,15-16H2,1-3H3. The van der Waals surface area contributed by atoms with Crippen LogP contribution in [-0.4, -0.2) is 53.0 Å². The van der Waals surface area contributed by atoms with Gasteiger partial charge in [0.15, 0.2) is 6.61 Å². The van der Waals surface area contributed by atoms with Crippen LogP contribution < -0.4 is 9.04 Å². The van der Waals surface area contributed by atoms with E-state index in [1.54, 1.807) is 31.3 Å². The van der Waals surface area contributed by atoms with Crippen molar-refractivity contribution in [2.45, 2.75) is 11.4 Å². The normalized spacial score (nSPS) is 11.0. The minimum Gasteiger partial charge on any atom is -0.495 e. The SMILES string of the molecule is COc1ccccc1N(C)S(=O)(=O)c1ccc(C(=O)OCC(=O)N(C)Cc2cccs2)cc1. The van der Waals surface area contributed by atoms with Crippen LogP contribution in [0.25, 0.3) is 0 Å². The average Bonchev–Trinajstić information content (AvgIpc) is 3.34. The number of rotatable bonds is 9. The molecule has 0 N–H and O–H groups in total. The number of para-hydroxylation sites is 2. The molecule has 1 aromatic heterocycles. The van der Waals surface area contributed by atoms with E-state index < -0.39 is 22.6 Å². The third-order valence-corrected chi connectivity index (χ3v) is 7.55. The first-order valence-corrected chi connectivity index (χ1v) is 12.2. The number of nitrogens with zero attached hydrogens (tertiary/aromatic N) is 2. The topological polar surface area (TPSA) is 93.2 Å². The molecule has 10 heteroatoms. The van der Waals surface area contributed by atoms with Crippen LogP contribution in [0.1, 0.15) is 15.2 Å². The first-order valence-electron chi connectivity index (χ1n) is 9.89. The fourth-order valence-electron chi connectivity index (χ4n) is 2.99. The van der Waals surface area contributed by atoms with Crippen molar-refractivity contribution in [2.75, 3.05) is 32.1 Å². The van der Waals surface area contributed by atoms with E-state index in [1.165, 1.54) is 54.7 Å². The summed E-state index contributed by atoms with van der Waals surface area (Å²) in [4.78, 5) is 27.0. The summed E-state index contributed by atoms with van der Waals surface area (Å²) in [5.41, 5.74) is 0.524. The highest BCUT2D eigenvalue weighted by Crippen LogP contribution is 2.30. The molecule has 0 unspecified atom stereocenters. The van der Waals surface area contributed by atoms with Gasteiger partial charge in [0.1, 0.15) is 5.75 Å². The number of carbonyl (C=O) groups excluding carboxylic acids is 2. The Morgan fingerprint density at radius 2 is 1.67 bits per heavy atom. The molecule has 174 valence electrons. The van der Waals surface area contributed by atoms with Gasteiger partial charge in [-0.05, 0) is 47.8 Å². The second-order valence-electron chi connectivity index (χ2n) is 7.07. The fraction of sp³-hybridized carbons (Fsp3) is 0.217. The molecule has 8 nitrogen and oxygen atoms in total. The Kier molecular flexibility index (Phi) is 7.72. The van der Waals surface area contributed by atoms with E-state index in [0.717, 1.165) is 9.18 Å². The second kappa shape index (κ2) is 10.5. The van der Waals surface area contributed by atoms with Crippen molar-refractivity contribution in [3.63, 3.8) is 0 Å². The lowest BCUT2D eigenvalue weighted by atomic mass is 10.2. The van der Waals surface area contributed by atoms with Crippen molar-refractivity contribution in [3.05, 3.63) is 76.5 Å². The number of hydrogen-bond donors (Lipinski definition) is 0. The number of hydrogen-bond acceptors (Lipinski definition) is 7. The van der Waals surface area contributed by atoms with Gasteiger partial charge >= 0.3 is 5.97 Å². The number of anilines is 1. The minimum atomic E-state index is -3.89. The Balaban J connectivity index is 1.64. The molecule has 0 fully saturated rings. The van der Waals surface area contributed by atoms with Gasteiger partial charge in [-0.1, -0.05) is 18.2 Å². The van der Waals surface area contributed by atoms with Crippen LogP contribution in [0.15, 0.2) is 70.9 Å². The molecule has 0 aliphatic heterocycles. The number of methoxy groups -OCH3 is 1. The number of ether oxygens (including phenoxy) is 2. The zero-order valence-corrected chi connectivity index (χ0v) is 20.1. The largest absolute Gasteiger partial charge is 0.495 e. The van der Waals surface area contributed by atoms with E-state index in [2.05, 4.69) is 0 Å². The lowest BCUT2D eigenvalue weighted by molar-refractivity contribution is -0.133. The van der Waals surface area contributed by atoms with Crippen molar-refractivity contribution in [2.24, 2.45) is 0 Å². The molecule has 3 rings (SSSR count). The van der Waals surface area contributed by atoms with Gasteiger partial charge in [0.2, 0.25) is 0 Å². The summed E-state index contributed by atoms with van der Waals surface area (Å²) in [6, 6.07) is 15.9. The van der Waals surface area contributed by atoms with Gasteiger partial charge in [-0.3, -0.25) is 9.10 Å². The Morgan fingerprint density at radius 3 is 2.30 bits per heavy atom. The van der Waals surface area contributed by atoms with E-state index in [1.807, 2.05) is 17.5 Å². The third-order valence-electron chi connectivity index (χ3n) is 4.90. The Bertz CT molecular complexity index is 1210. The summed E-state index contributed by atoms with van der Waals surface area (Å²) in [6.45, 7) is 0.0254. The van der Waals surface area contributed by atoms with Crippen LogP contribution in [-0.2, 0) is 26.1 Å². The highest BCUT2D eigenvalue weighted by Gasteiger charge is 2.24. The number of carbonyl (C=O) groups is 2. The molecule has 0 radical (unpaired) electrons. The molecule has 0 atom stereocenters. The number of sulfonamides is 1. The lowest BCUT2D eigenvalue weighted by Crippen LogP contribution is -2.30. The smallest absolute Gasteiger partial charge is 0.338 e. The molecular weight excluding hydrogens is 464 g/mol. The molecule has 0 aliphatic rings. The number of thiophene rings is 1. The van der Waals surface area contributed by atoms with Crippen molar-refractivity contribution in [1.29, 1.82) is 0 Å². The lowest BCUT2D eigenvalue weighted by Gasteiger charge is -2.21. The quantitative estimate of drug-likeness (QED) is 0.429. The van der Waals surface area contributed by atoms with Crippen molar-refractivity contribution in [1.82, 2.24) is 4.90 Å². The maximum Gasteiger partial charge on any atom is 0.338 e. The van der Waals surface area contributed by atoms with Gasteiger partial charge in [0.25, 0.3) is 15.9 Å². The van der Waals surface area contributed by atoms with Gasteiger partial charge in [0.05, 0.1) is 29.8 Å². The zero-order valence-electron chi connectivity index (χ0n) is 18.4. The summed E-state index contributed by atoms with van der Waals surface area (Å²) in [6.07, 6.45) is 0. The van der Waals surface area contributed by atoms with E-state index in [4.69, 9.17) is 9.47 Å². The van der Waals surface area contributed by atoms with Crippen LogP contribution in [0.2, 0.25) is 0 Å². The summed E-state index contributed by atoms with van der Waals surface area (Å²) in [7, 11) is 0.632. The number of esters is 1. The highest BCUT2D eigenvalue weighted by molar-refractivity contribution is 7.92. The number of amides is 1. The fourth-order valence-corrected chi connectivity index (χ4v) is 4.95. The van der Waals surface area contributed by atoms with E-state index >= 15 is 0 Å². The van der Waals surface area contributed by atoms with Crippen molar-refractivity contribution < 1.29 is 27.5 Å². The van der Waals surface area contributed by atoms with Gasteiger partial charge < -0.3 is 14.4 Å². The first kappa shape index (κ1) is 24.3. The minimum absolute atomic E-state index is 0.000728. The molecule has 33 heavy (non-hydrogen) atoms. The van der Waals surface area contributed by atoms with Gasteiger partial charge in [0, 0.05) is 19.0 Å². The maximum atomic E-state index is 13.0. The molecule has 0 spiro atoms.